The van der Waals surface area contributed by atoms with E-state index in [2.05, 4.69) is 66.1 Å². The molecule has 1 aromatic carbocycles. The van der Waals surface area contributed by atoms with Crippen molar-refractivity contribution in [3.8, 4) is 5.69 Å². The summed E-state index contributed by atoms with van der Waals surface area (Å²) >= 11 is 0. The average molecular weight is 328 g/mol. The predicted octanol–water partition coefficient (Wildman–Crippen LogP) is 5.77. The molecule has 0 unspecified atom stereocenters. The summed E-state index contributed by atoms with van der Waals surface area (Å²) in [6.07, 6.45) is 21.6. The van der Waals surface area contributed by atoms with Crippen molar-refractivity contribution in [2.45, 2.75) is 77.6 Å². The van der Waals surface area contributed by atoms with E-state index in [9.17, 15) is 0 Å². The molecule has 0 aliphatic rings. The first kappa shape index (κ1) is 18.8. The zero-order chi connectivity index (χ0) is 17.0. The van der Waals surface area contributed by atoms with Crippen molar-refractivity contribution in [1.82, 2.24) is 4.57 Å². The van der Waals surface area contributed by atoms with Crippen LogP contribution in [0.4, 0.5) is 0 Å². The minimum absolute atomic E-state index is 1.19. The van der Waals surface area contributed by atoms with E-state index in [-0.39, 0.29) is 0 Å². The molecule has 0 saturated heterocycles. The molecule has 132 valence electrons. The molecule has 1 heterocycles. The van der Waals surface area contributed by atoms with Crippen LogP contribution in [-0.2, 0) is 13.5 Å². The first-order chi connectivity index (χ1) is 11.8. The van der Waals surface area contributed by atoms with Crippen molar-refractivity contribution in [3.63, 3.8) is 0 Å². The van der Waals surface area contributed by atoms with Gasteiger partial charge < -0.3 is 0 Å². The maximum Gasteiger partial charge on any atom is 0.248 e. The molecule has 0 radical (unpaired) electrons. The lowest BCUT2D eigenvalue weighted by Gasteiger charge is -2.06. The molecule has 24 heavy (non-hydrogen) atoms. The number of para-hydroxylation sites is 1. The smallest absolute Gasteiger partial charge is 0.239 e. The number of aryl methyl sites for hydroxylation is 2. The van der Waals surface area contributed by atoms with E-state index in [1.54, 1.807) is 0 Å². The van der Waals surface area contributed by atoms with Gasteiger partial charge in [-0.2, -0.15) is 0 Å². The molecule has 0 amide bonds. The van der Waals surface area contributed by atoms with Gasteiger partial charge in [-0.15, -0.1) is 0 Å². The van der Waals surface area contributed by atoms with Crippen molar-refractivity contribution >= 4 is 0 Å². The largest absolute Gasteiger partial charge is 0.248 e. The number of benzene rings is 1. The van der Waals surface area contributed by atoms with Crippen molar-refractivity contribution in [3.05, 3.63) is 48.5 Å². The molecule has 0 fully saturated rings. The van der Waals surface area contributed by atoms with Crippen LogP contribution in [0.1, 0.15) is 76.7 Å². The standard InChI is InChI=1S/C22H35N2/c1-3-4-5-6-7-8-9-10-11-12-15-21-16-13-14-17-22(21)24-19-18-23(2)20-24/h13-14,16-20H,3-12,15H2,1-2H3/q+1. The zero-order valence-corrected chi connectivity index (χ0v) is 15.7. The Bertz CT molecular complexity index is 571. The molecule has 0 aliphatic carbocycles. The summed E-state index contributed by atoms with van der Waals surface area (Å²) in [5.74, 6) is 0. The lowest BCUT2D eigenvalue weighted by atomic mass is 10.0. The van der Waals surface area contributed by atoms with Gasteiger partial charge in [0.25, 0.3) is 0 Å². The monoisotopic (exact) mass is 327 g/mol. The lowest BCUT2D eigenvalue weighted by Crippen LogP contribution is -2.23. The molecule has 0 aliphatic heterocycles. The molecule has 2 aromatic rings. The number of nitrogens with zero attached hydrogens (tertiary/aromatic N) is 2. The summed E-state index contributed by atoms with van der Waals surface area (Å²) in [5, 5.41) is 0. The van der Waals surface area contributed by atoms with Crippen molar-refractivity contribution in [2.24, 2.45) is 7.05 Å². The summed E-state index contributed by atoms with van der Waals surface area (Å²) in [7, 11) is 2.07. The van der Waals surface area contributed by atoms with Crippen LogP contribution in [0.25, 0.3) is 5.69 Å². The number of hydrogen-bond donors (Lipinski definition) is 0. The number of aromatic nitrogens is 2. The molecule has 0 spiro atoms. The molecular formula is C22H35N2+. The molecular weight excluding hydrogens is 292 g/mol. The van der Waals surface area contributed by atoms with Crippen LogP contribution in [0.3, 0.4) is 0 Å². The number of rotatable bonds is 12. The summed E-state index contributed by atoms with van der Waals surface area (Å²) in [6.45, 7) is 2.29. The minimum atomic E-state index is 1.19. The van der Waals surface area contributed by atoms with E-state index in [0.717, 1.165) is 0 Å². The molecule has 0 atom stereocenters. The van der Waals surface area contributed by atoms with Crippen LogP contribution in [0.2, 0.25) is 0 Å². The van der Waals surface area contributed by atoms with Crippen LogP contribution in [0, 0.1) is 0 Å². The van der Waals surface area contributed by atoms with Gasteiger partial charge in [0.05, 0.1) is 7.05 Å². The maximum absolute atomic E-state index is 2.29. The van der Waals surface area contributed by atoms with Crippen molar-refractivity contribution in [2.75, 3.05) is 0 Å². The van der Waals surface area contributed by atoms with Crippen LogP contribution < -0.4 is 4.57 Å². The van der Waals surface area contributed by atoms with E-state index in [1.807, 2.05) is 0 Å². The summed E-state index contributed by atoms with van der Waals surface area (Å²) < 4.78 is 4.32. The van der Waals surface area contributed by atoms with Gasteiger partial charge in [0.1, 0.15) is 18.1 Å². The van der Waals surface area contributed by atoms with Gasteiger partial charge in [0, 0.05) is 0 Å². The Morgan fingerprint density at radius 3 is 2.08 bits per heavy atom. The molecule has 0 N–H and O–H groups in total. The fourth-order valence-electron chi connectivity index (χ4n) is 3.37. The second-order valence-electron chi connectivity index (χ2n) is 7.05. The first-order valence-electron chi connectivity index (χ1n) is 9.92. The molecule has 2 rings (SSSR count). The summed E-state index contributed by atoms with van der Waals surface area (Å²) in [5.41, 5.74) is 2.79. The Balaban J connectivity index is 1.65. The Morgan fingerprint density at radius 2 is 1.46 bits per heavy atom. The Kier molecular flexibility index (Phi) is 8.65. The fourth-order valence-corrected chi connectivity index (χ4v) is 3.37. The highest BCUT2D eigenvalue weighted by Gasteiger charge is 2.09. The molecule has 2 nitrogen and oxygen atoms in total. The zero-order valence-electron chi connectivity index (χ0n) is 15.7. The topological polar surface area (TPSA) is 8.81 Å². The Morgan fingerprint density at radius 1 is 0.833 bits per heavy atom. The third kappa shape index (κ3) is 6.51. The van der Waals surface area contributed by atoms with Crippen LogP contribution in [0.15, 0.2) is 43.0 Å². The number of unbranched alkanes of at least 4 members (excludes halogenated alkanes) is 9. The molecule has 1 aromatic heterocycles. The molecule has 2 heteroatoms. The Hall–Kier alpha value is -1.57. The SMILES string of the molecule is CCCCCCCCCCCCc1ccccc1-n1cc[n+](C)c1. The quantitative estimate of drug-likeness (QED) is 0.346. The van der Waals surface area contributed by atoms with Crippen LogP contribution >= 0.6 is 0 Å². The van der Waals surface area contributed by atoms with Crippen molar-refractivity contribution in [1.29, 1.82) is 0 Å². The first-order valence-corrected chi connectivity index (χ1v) is 9.92. The van der Waals surface area contributed by atoms with Gasteiger partial charge in [0.2, 0.25) is 6.33 Å². The van der Waals surface area contributed by atoms with E-state index < -0.39 is 0 Å². The number of hydrogen-bond acceptors (Lipinski definition) is 0. The fraction of sp³-hybridized carbons (Fsp3) is 0.591. The summed E-state index contributed by atoms with van der Waals surface area (Å²) in [6, 6.07) is 8.81. The third-order valence-electron chi connectivity index (χ3n) is 4.84. The normalized spacial score (nSPS) is 11.1. The van der Waals surface area contributed by atoms with Gasteiger partial charge in [-0.3, -0.25) is 0 Å². The van der Waals surface area contributed by atoms with Crippen LogP contribution in [-0.4, -0.2) is 4.57 Å². The van der Waals surface area contributed by atoms with Gasteiger partial charge in [0.15, 0.2) is 0 Å². The highest BCUT2D eigenvalue weighted by atomic mass is 15.1. The average Bonchev–Trinajstić information content (AvgIpc) is 3.03. The van der Waals surface area contributed by atoms with E-state index >= 15 is 0 Å². The van der Waals surface area contributed by atoms with E-state index in [1.165, 1.54) is 81.9 Å². The van der Waals surface area contributed by atoms with Gasteiger partial charge in [-0.1, -0.05) is 82.9 Å². The van der Waals surface area contributed by atoms with Crippen molar-refractivity contribution < 1.29 is 4.57 Å². The third-order valence-corrected chi connectivity index (χ3v) is 4.84. The van der Waals surface area contributed by atoms with E-state index in [0.29, 0.717) is 0 Å². The summed E-state index contributed by atoms with van der Waals surface area (Å²) in [4.78, 5) is 0. The minimum Gasteiger partial charge on any atom is -0.239 e. The highest BCUT2D eigenvalue weighted by molar-refractivity contribution is 5.40. The maximum atomic E-state index is 2.29. The van der Waals surface area contributed by atoms with Gasteiger partial charge in [-0.25, -0.2) is 9.13 Å². The predicted molar refractivity (Wildman–Crippen MR) is 102 cm³/mol. The number of imidazole rings is 1. The van der Waals surface area contributed by atoms with Crippen LogP contribution in [0.5, 0.6) is 0 Å². The van der Waals surface area contributed by atoms with Gasteiger partial charge in [-0.05, 0) is 24.5 Å². The lowest BCUT2D eigenvalue weighted by molar-refractivity contribution is -0.670. The molecule has 0 bridgehead atoms. The second-order valence-corrected chi connectivity index (χ2v) is 7.05. The van der Waals surface area contributed by atoms with E-state index in [4.69, 9.17) is 0 Å². The Labute approximate surface area is 148 Å². The molecule has 0 saturated carbocycles. The second kappa shape index (κ2) is 11.1. The van der Waals surface area contributed by atoms with Gasteiger partial charge >= 0.3 is 0 Å². The highest BCUT2D eigenvalue weighted by Crippen LogP contribution is 2.17.